The minimum absolute atomic E-state index is 0.0276. The first kappa shape index (κ1) is 14.7. The van der Waals surface area contributed by atoms with E-state index in [0.717, 1.165) is 25.9 Å². The number of rotatable bonds is 3. The summed E-state index contributed by atoms with van der Waals surface area (Å²) >= 11 is 0. The Hall–Kier alpha value is -1.71. The molecule has 1 aliphatic heterocycles. The zero-order valence-corrected chi connectivity index (χ0v) is 12.6. The van der Waals surface area contributed by atoms with Crippen LogP contribution >= 0.6 is 0 Å². The van der Waals surface area contributed by atoms with Crippen LogP contribution in [0.4, 0.5) is 5.69 Å². The molecule has 1 fully saturated rings. The van der Waals surface area contributed by atoms with Crippen LogP contribution in [0.15, 0.2) is 18.2 Å². The number of piperidine rings is 1. The zero-order chi connectivity index (χ0) is 14.7. The van der Waals surface area contributed by atoms with E-state index in [1.54, 1.807) is 18.2 Å². The van der Waals surface area contributed by atoms with E-state index in [4.69, 9.17) is 10.5 Å². The van der Waals surface area contributed by atoms with Gasteiger partial charge in [-0.25, -0.2) is 0 Å². The first-order chi connectivity index (χ1) is 9.47. The van der Waals surface area contributed by atoms with Crippen LogP contribution in [0.5, 0.6) is 5.75 Å². The molecule has 4 nitrogen and oxygen atoms in total. The van der Waals surface area contributed by atoms with E-state index in [9.17, 15) is 4.79 Å². The van der Waals surface area contributed by atoms with Crippen molar-refractivity contribution in [3.8, 4) is 5.75 Å². The molecule has 1 saturated heterocycles. The number of ether oxygens (including phenoxy) is 1. The smallest absolute Gasteiger partial charge is 0.257 e. The number of nitrogen functional groups attached to an aromatic ring is 1. The number of amides is 1. The van der Waals surface area contributed by atoms with Gasteiger partial charge in [-0.1, -0.05) is 6.92 Å². The maximum Gasteiger partial charge on any atom is 0.257 e. The van der Waals surface area contributed by atoms with E-state index in [1.807, 2.05) is 18.7 Å². The first-order valence-electron chi connectivity index (χ1n) is 7.33. The molecule has 0 atom stereocenters. The molecule has 1 aromatic rings. The van der Waals surface area contributed by atoms with Crippen molar-refractivity contribution in [2.75, 3.05) is 18.8 Å². The van der Waals surface area contributed by atoms with Crippen molar-refractivity contribution in [3.05, 3.63) is 23.8 Å². The summed E-state index contributed by atoms with van der Waals surface area (Å²) in [5.41, 5.74) is 6.99. The summed E-state index contributed by atoms with van der Waals surface area (Å²) in [6, 6.07) is 5.28. The molecule has 0 unspecified atom stereocenters. The molecule has 0 radical (unpaired) electrons. The van der Waals surface area contributed by atoms with Gasteiger partial charge in [-0.05, 0) is 50.8 Å². The van der Waals surface area contributed by atoms with Gasteiger partial charge in [0.1, 0.15) is 5.75 Å². The maximum absolute atomic E-state index is 12.7. The molecule has 1 heterocycles. The molecule has 110 valence electrons. The number of likely N-dealkylation sites (tertiary alicyclic amines) is 1. The third-order valence-electron chi connectivity index (χ3n) is 3.67. The molecule has 2 rings (SSSR count). The topological polar surface area (TPSA) is 55.6 Å². The predicted octanol–water partition coefficient (Wildman–Crippen LogP) is 2.93. The standard InChI is InChI=1S/C16H24N2O2/c1-11(2)20-15-5-4-13(17)10-14(15)16(19)18-8-6-12(3)7-9-18/h4-5,10-12H,6-9,17H2,1-3H3. The van der Waals surface area contributed by atoms with Crippen LogP contribution in [0.1, 0.15) is 44.0 Å². The van der Waals surface area contributed by atoms with Gasteiger partial charge in [0, 0.05) is 18.8 Å². The fourth-order valence-corrected chi connectivity index (χ4v) is 2.45. The molecule has 0 saturated carbocycles. The Balaban J connectivity index is 2.21. The van der Waals surface area contributed by atoms with E-state index >= 15 is 0 Å². The largest absolute Gasteiger partial charge is 0.490 e. The van der Waals surface area contributed by atoms with Crippen molar-refractivity contribution in [1.82, 2.24) is 4.90 Å². The van der Waals surface area contributed by atoms with Crippen molar-refractivity contribution in [1.29, 1.82) is 0 Å². The number of anilines is 1. The quantitative estimate of drug-likeness (QED) is 0.864. The van der Waals surface area contributed by atoms with Crippen molar-refractivity contribution < 1.29 is 9.53 Å². The number of hydrogen-bond acceptors (Lipinski definition) is 3. The van der Waals surface area contributed by atoms with Gasteiger partial charge in [-0.2, -0.15) is 0 Å². The van der Waals surface area contributed by atoms with Gasteiger partial charge in [0.15, 0.2) is 0 Å². The third kappa shape index (κ3) is 3.44. The highest BCUT2D eigenvalue weighted by Gasteiger charge is 2.24. The zero-order valence-electron chi connectivity index (χ0n) is 12.6. The Kier molecular flexibility index (Phi) is 4.53. The number of benzene rings is 1. The molecule has 1 amide bonds. The minimum Gasteiger partial charge on any atom is -0.490 e. The molecule has 1 aromatic carbocycles. The Morgan fingerprint density at radius 3 is 2.60 bits per heavy atom. The van der Waals surface area contributed by atoms with Crippen LogP contribution in [-0.2, 0) is 0 Å². The van der Waals surface area contributed by atoms with E-state index < -0.39 is 0 Å². The van der Waals surface area contributed by atoms with Gasteiger partial charge in [-0.3, -0.25) is 4.79 Å². The Morgan fingerprint density at radius 2 is 2.00 bits per heavy atom. The average molecular weight is 276 g/mol. The van der Waals surface area contributed by atoms with E-state index in [0.29, 0.717) is 22.9 Å². The molecular formula is C16H24N2O2. The number of carbonyl (C=O) groups is 1. The van der Waals surface area contributed by atoms with E-state index in [-0.39, 0.29) is 12.0 Å². The minimum atomic E-state index is 0.0276. The van der Waals surface area contributed by atoms with Crippen LogP contribution < -0.4 is 10.5 Å². The molecule has 0 aliphatic carbocycles. The molecule has 0 spiro atoms. The Morgan fingerprint density at radius 1 is 1.35 bits per heavy atom. The molecule has 0 bridgehead atoms. The van der Waals surface area contributed by atoms with Crippen molar-refractivity contribution >= 4 is 11.6 Å². The van der Waals surface area contributed by atoms with Crippen molar-refractivity contribution in [2.45, 2.75) is 39.7 Å². The lowest BCUT2D eigenvalue weighted by atomic mass is 9.98. The first-order valence-corrected chi connectivity index (χ1v) is 7.33. The van der Waals surface area contributed by atoms with Gasteiger partial charge in [-0.15, -0.1) is 0 Å². The normalized spacial score (nSPS) is 16.5. The van der Waals surface area contributed by atoms with Crippen molar-refractivity contribution in [3.63, 3.8) is 0 Å². The van der Waals surface area contributed by atoms with Crippen LogP contribution in [-0.4, -0.2) is 30.0 Å². The van der Waals surface area contributed by atoms with Gasteiger partial charge < -0.3 is 15.4 Å². The molecule has 1 aliphatic rings. The molecule has 20 heavy (non-hydrogen) atoms. The van der Waals surface area contributed by atoms with Gasteiger partial charge in [0.05, 0.1) is 11.7 Å². The molecule has 4 heteroatoms. The molecular weight excluding hydrogens is 252 g/mol. The highest BCUT2D eigenvalue weighted by Crippen LogP contribution is 2.26. The summed E-state index contributed by atoms with van der Waals surface area (Å²) in [4.78, 5) is 14.6. The van der Waals surface area contributed by atoms with Crippen LogP contribution in [0.25, 0.3) is 0 Å². The highest BCUT2D eigenvalue weighted by molar-refractivity contribution is 5.97. The lowest BCUT2D eigenvalue weighted by Crippen LogP contribution is -2.38. The van der Waals surface area contributed by atoms with Gasteiger partial charge in [0.25, 0.3) is 5.91 Å². The van der Waals surface area contributed by atoms with Gasteiger partial charge in [0.2, 0.25) is 0 Å². The number of nitrogens with two attached hydrogens (primary N) is 1. The van der Waals surface area contributed by atoms with Crippen LogP contribution in [0.2, 0.25) is 0 Å². The SMILES string of the molecule is CC1CCN(C(=O)c2cc(N)ccc2OC(C)C)CC1. The van der Waals surface area contributed by atoms with E-state index in [1.165, 1.54) is 0 Å². The van der Waals surface area contributed by atoms with E-state index in [2.05, 4.69) is 6.92 Å². The Labute approximate surface area is 120 Å². The third-order valence-corrected chi connectivity index (χ3v) is 3.67. The van der Waals surface area contributed by atoms with Crippen LogP contribution in [0.3, 0.4) is 0 Å². The summed E-state index contributed by atoms with van der Waals surface area (Å²) in [5, 5.41) is 0. The fraction of sp³-hybridized carbons (Fsp3) is 0.562. The number of hydrogen-bond donors (Lipinski definition) is 1. The van der Waals surface area contributed by atoms with Crippen LogP contribution in [0, 0.1) is 5.92 Å². The molecule has 0 aromatic heterocycles. The monoisotopic (exact) mass is 276 g/mol. The van der Waals surface area contributed by atoms with Gasteiger partial charge >= 0.3 is 0 Å². The number of carbonyl (C=O) groups excluding carboxylic acids is 1. The maximum atomic E-state index is 12.7. The molecule has 2 N–H and O–H groups in total. The summed E-state index contributed by atoms with van der Waals surface area (Å²) in [5.74, 6) is 1.35. The average Bonchev–Trinajstić information content (AvgIpc) is 2.40. The summed E-state index contributed by atoms with van der Waals surface area (Å²) in [6.45, 7) is 7.77. The second-order valence-electron chi connectivity index (χ2n) is 5.90. The lowest BCUT2D eigenvalue weighted by molar-refractivity contribution is 0.0691. The lowest BCUT2D eigenvalue weighted by Gasteiger charge is -2.31. The predicted molar refractivity (Wildman–Crippen MR) is 80.9 cm³/mol. The summed E-state index contributed by atoms with van der Waals surface area (Å²) in [7, 11) is 0. The second-order valence-corrected chi connectivity index (χ2v) is 5.90. The number of nitrogens with zero attached hydrogens (tertiary/aromatic N) is 1. The fourth-order valence-electron chi connectivity index (χ4n) is 2.45. The summed E-state index contributed by atoms with van der Waals surface area (Å²) < 4.78 is 5.73. The summed E-state index contributed by atoms with van der Waals surface area (Å²) in [6.07, 6.45) is 2.16. The highest BCUT2D eigenvalue weighted by atomic mass is 16.5. The Bertz CT molecular complexity index is 477. The second kappa shape index (κ2) is 6.16. The van der Waals surface area contributed by atoms with Crippen molar-refractivity contribution in [2.24, 2.45) is 5.92 Å².